The maximum atomic E-state index is 13.3. The highest BCUT2D eigenvalue weighted by molar-refractivity contribution is 5.59. The molecule has 0 atom stereocenters. The van der Waals surface area contributed by atoms with E-state index >= 15 is 0 Å². The normalized spacial score (nSPS) is 10.3. The van der Waals surface area contributed by atoms with E-state index in [1.165, 1.54) is 0 Å². The third-order valence-corrected chi connectivity index (χ3v) is 2.20. The molecule has 4 nitrogen and oxygen atoms in total. The Labute approximate surface area is 95.3 Å². The van der Waals surface area contributed by atoms with Crippen molar-refractivity contribution in [3.63, 3.8) is 0 Å². The summed E-state index contributed by atoms with van der Waals surface area (Å²) >= 11 is 0. The number of anilines is 2. The third-order valence-electron chi connectivity index (χ3n) is 2.20. The van der Waals surface area contributed by atoms with E-state index < -0.39 is 23.0 Å². The van der Waals surface area contributed by atoms with Gasteiger partial charge >= 0.3 is 0 Å². The Kier molecular flexibility index (Phi) is 2.86. The summed E-state index contributed by atoms with van der Waals surface area (Å²) in [4.78, 5) is 11.3. The lowest BCUT2D eigenvalue weighted by Crippen LogP contribution is -2.17. The van der Waals surface area contributed by atoms with E-state index in [0.717, 1.165) is 5.56 Å². The van der Waals surface area contributed by atoms with Crippen LogP contribution in [0.15, 0.2) is 29.1 Å². The Morgan fingerprint density at radius 2 is 1.88 bits per heavy atom. The van der Waals surface area contributed by atoms with E-state index in [2.05, 4.69) is 10.4 Å². The average Bonchev–Trinajstić information content (AvgIpc) is 2.32. The zero-order chi connectivity index (χ0) is 12.4. The fourth-order valence-electron chi connectivity index (χ4n) is 1.30. The number of nitrogens with one attached hydrogen (secondary N) is 2. The average molecular weight is 237 g/mol. The van der Waals surface area contributed by atoms with E-state index in [4.69, 9.17) is 0 Å². The van der Waals surface area contributed by atoms with E-state index in [1.54, 1.807) is 24.3 Å². The van der Waals surface area contributed by atoms with Gasteiger partial charge in [0.1, 0.15) is 5.69 Å². The van der Waals surface area contributed by atoms with Crippen LogP contribution in [0.25, 0.3) is 0 Å². The molecular formula is C11H9F2N3O. The number of aromatic amines is 1. The molecule has 0 amide bonds. The largest absolute Gasteiger partial charge is 0.348 e. The van der Waals surface area contributed by atoms with Gasteiger partial charge in [-0.15, -0.1) is 5.10 Å². The molecule has 2 N–H and O–H groups in total. The Morgan fingerprint density at radius 3 is 2.53 bits per heavy atom. The Hall–Kier alpha value is -2.24. The van der Waals surface area contributed by atoms with Gasteiger partial charge in [-0.2, -0.15) is 8.78 Å². The van der Waals surface area contributed by atoms with Crippen LogP contribution in [0.1, 0.15) is 5.56 Å². The summed E-state index contributed by atoms with van der Waals surface area (Å²) in [5.74, 6) is -2.64. The quantitative estimate of drug-likeness (QED) is 0.840. The predicted molar refractivity (Wildman–Crippen MR) is 59.2 cm³/mol. The second kappa shape index (κ2) is 4.32. The van der Waals surface area contributed by atoms with Crippen LogP contribution in [0, 0.1) is 18.7 Å². The minimum absolute atomic E-state index is 0.485. The van der Waals surface area contributed by atoms with Crippen LogP contribution < -0.4 is 10.9 Å². The molecule has 0 aliphatic heterocycles. The molecule has 0 radical (unpaired) electrons. The molecule has 1 aromatic heterocycles. The fourth-order valence-corrected chi connectivity index (χ4v) is 1.30. The van der Waals surface area contributed by atoms with Gasteiger partial charge in [0.25, 0.3) is 11.5 Å². The SMILES string of the molecule is Cc1ccc(Nc2c(F)c(F)n[nH]c2=O)cc1. The summed E-state index contributed by atoms with van der Waals surface area (Å²) in [5, 5.41) is 7.24. The van der Waals surface area contributed by atoms with Gasteiger partial charge in [-0.05, 0) is 19.1 Å². The molecule has 0 spiro atoms. The minimum Gasteiger partial charge on any atom is -0.348 e. The topological polar surface area (TPSA) is 57.8 Å². The highest BCUT2D eigenvalue weighted by Crippen LogP contribution is 2.17. The van der Waals surface area contributed by atoms with Crippen LogP contribution >= 0.6 is 0 Å². The minimum atomic E-state index is -1.35. The predicted octanol–water partition coefficient (Wildman–Crippen LogP) is 2.10. The smallest absolute Gasteiger partial charge is 0.291 e. The highest BCUT2D eigenvalue weighted by Gasteiger charge is 2.13. The lowest BCUT2D eigenvalue weighted by atomic mass is 10.2. The molecule has 0 bridgehead atoms. The summed E-state index contributed by atoms with van der Waals surface area (Å²) in [7, 11) is 0. The molecule has 0 aliphatic carbocycles. The number of benzene rings is 1. The van der Waals surface area contributed by atoms with Gasteiger partial charge in [-0.1, -0.05) is 17.7 Å². The molecule has 2 aromatic rings. The van der Waals surface area contributed by atoms with Crippen molar-refractivity contribution < 1.29 is 8.78 Å². The molecule has 0 aliphatic rings. The molecule has 88 valence electrons. The van der Waals surface area contributed by atoms with E-state index in [1.807, 2.05) is 12.0 Å². The molecule has 1 aromatic carbocycles. The van der Waals surface area contributed by atoms with Crippen molar-refractivity contribution >= 4 is 11.4 Å². The highest BCUT2D eigenvalue weighted by atomic mass is 19.2. The number of nitrogens with zero attached hydrogens (tertiary/aromatic N) is 1. The van der Waals surface area contributed by atoms with Crippen LogP contribution in [-0.4, -0.2) is 10.2 Å². The number of H-pyrrole nitrogens is 1. The van der Waals surface area contributed by atoms with Crippen LogP contribution in [0.3, 0.4) is 0 Å². The number of hydrogen-bond donors (Lipinski definition) is 2. The van der Waals surface area contributed by atoms with E-state index in [-0.39, 0.29) is 0 Å². The standard InChI is InChI=1S/C11H9F2N3O/c1-6-2-4-7(5-3-6)14-9-8(12)10(13)15-16-11(9)17/h2-5H,1H3,(H,14,15)(H,16,17). The number of hydrogen-bond acceptors (Lipinski definition) is 3. The first-order valence-corrected chi connectivity index (χ1v) is 4.85. The summed E-state index contributed by atoms with van der Waals surface area (Å²) in [6.07, 6.45) is 0. The van der Waals surface area contributed by atoms with Gasteiger partial charge < -0.3 is 5.32 Å². The molecule has 6 heteroatoms. The summed E-state index contributed by atoms with van der Waals surface area (Å²) in [6.45, 7) is 1.89. The van der Waals surface area contributed by atoms with Crippen LogP contribution in [0.4, 0.5) is 20.2 Å². The second-order valence-electron chi connectivity index (χ2n) is 3.52. The van der Waals surface area contributed by atoms with Crippen molar-refractivity contribution in [1.82, 2.24) is 10.2 Å². The third kappa shape index (κ3) is 2.30. The van der Waals surface area contributed by atoms with Crippen molar-refractivity contribution in [2.75, 3.05) is 5.32 Å². The number of halogens is 2. The zero-order valence-corrected chi connectivity index (χ0v) is 8.92. The zero-order valence-electron chi connectivity index (χ0n) is 8.92. The van der Waals surface area contributed by atoms with Gasteiger partial charge in [0.05, 0.1) is 0 Å². The first-order chi connectivity index (χ1) is 8.08. The number of aryl methyl sites for hydroxylation is 1. The second-order valence-corrected chi connectivity index (χ2v) is 3.52. The summed E-state index contributed by atoms with van der Waals surface area (Å²) in [6, 6.07) is 6.89. The lowest BCUT2D eigenvalue weighted by molar-refractivity contribution is 0.466. The van der Waals surface area contributed by atoms with Crippen LogP contribution in [-0.2, 0) is 0 Å². The van der Waals surface area contributed by atoms with Crippen molar-refractivity contribution in [2.24, 2.45) is 0 Å². The van der Waals surface area contributed by atoms with Crippen molar-refractivity contribution in [2.45, 2.75) is 6.92 Å². The van der Waals surface area contributed by atoms with Crippen molar-refractivity contribution in [3.8, 4) is 0 Å². The molecule has 2 rings (SSSR count). The number of aromatic nitrogens is 2. The molecule has 0 fully saturated rings. The molecule has 1 heterocycles. The van der Waals surface area contributed by atoms with Gasteiger partial charge in [0.15, 0.2) is 0 Å². The van der Waals surface area contributed by atoms with Gasteiger partial charge in [0.2, 0.25) is 5.82 Å². The van der Waals surface area contributed by atoms with Crippen molar-refractivity contribution in [1.29, 1.82) is 0 Å². The Balaban J connectivity index is 2.39. The first kappa shape index (κ1) is 11.3. The Morgan fingerprint density at radius 1 is 1.24 bits per heavy atom. The van der Waals surface area contributed by atoms with Gasteiger partial charge in [-0.3, -0.25) is 4.79 Å². The Bertz CT molecular complexity index is 593. The lowest BCUT2D eigenvalue weighted by Gasteiger charge is -2.06. The van der Waals surface area contributed by atoms with Gasteiger partial charge in [0, 0.05) is 5.69 Å². The summed E-state index contributed by atoms with van der Waals surface area (Å²) < 4.78 is 26.1. The molecule has 0 saturated carbocycles. The first-order valence-electron chi connectivity index (χ1n) is 4.85. The van der Waals surface area contributed by atoms with Gasteiger partial charge in [-0.25, -0.2) is 5.10 Å². The molecular weight excluding hydrogens is 228 g/mol. The summed E-state index contributed by atoms with van der Waals surface area (Å²) in [5.41, 5.74) is 0.210. The van der Waals surface area contributed by atoms with Crippen LogP contribution in [0.2, 0.25) is 0 Å². The van der Waals surface area contributed by atoms with Crippen LogP contribution in [0.5, 0.6) is 0 Å². The maximum absolute atomic E-state index is 13.3. The van der Waals surface area contributed by atoms with E-state index in [0.29, 0.717) is 5.69 Å². The fraction of sp³-hybridized carbons (Fsp3) is 0.0909. The van der Waals surface area contributed by atoms with E-state index in [9.17, 15) is 13.6 Å². The molecule has 0 unspecified atom stereocenters. The number of rotatable bonds is 2. The van der Waals surface area contributed by atoms with Crippen molar-refractivity contribution in [3.05, 3.63) is 51.9 Å². The monoisotopic (exact) mass is 237 g/mol. The molecule has 17 heavy (non-hydrogen) atoms. The molecule has 0 saturated heterocycles. The maximum Gasteiger partial charge on any atom is 0.291 e.